The molecule has 5 nitrogen and oxygen atoms in total. The van der Waals surface area contributed by atoms with Crippen molar-refractivity contribution in [1.29, 1.82) is 0 Å². The van der Waals surface area contributed by atoms with Gasteiger partial charge in [0.2, 0.25) is 0 Å². The van der Waals surface area contributed by atoms with Crippen LogP contribution in [0, 0.1) is 5.92 Å². The number of aliphatic hydroxyl groups is 4. The van der Waals surface area contributed by atoms with Gasteiger partial charge in [-0.2, -0.15) is 0 Å². The molecule has 0 aliphatic carbocycles. The highest BCUT2D eigenvalue weighted by molar-refractivity contribution is 5.24. The van der Waals surface area contributed by atoms with Crippen LogP contribution >= 0.6 is 0 Å². The highest BCUT2D eigenvalue weighted by atomic mass is 16.3. The molecule has 2 saturated heterocycles. The van der Waals surface area contributed by atoms with E-state index in [0.29, 0.717) is 6.54 Å². The Morgan fingerprint density at radius 1 is 1.38 bits per heavy atom. The van der Waals surface area contributed by atoms with Gasteiger partial charge in [0.1, 0.15) is 17.8 Å². The van der Waals surface area contributed by atoms with Crippen LogP contribution in [0.15, 0.2) is 23.3 Å². The molecule has 6 atom stereocenters. The van der Waals surface area contributed by atoms with Gasteiger partial charge in [-0.1, -0.05) is 19.1 Å². The Bertz CT molecular complexity index is 498. The number of allylic oxidation sites excluding steroid dienone is 2. The number of nitrogens with zero attached hydrogens (tertiary/aromatic N) is 1. The second-order valence-corrected chi connectivity index (χ2v) is 7.85. The van der Waals surface area contributed by atoms with Gasteiger partial charge < -0.3 is 20.4 Å². The minimum absolute atomic E-state index is 0.0447. The molecule has 24 heavy (non-hydrogen) atoms. The fourth-order valence-corrected chi connectivity index (χ4v) is 4.01. The van der Waals surface area contributed by atoms with Gasteiger partial charge in [-0.15, -0.1) is 0 Å². The second kappa shape index (κ2) is 7.67. The van der Waals surface area contributed by atoms with Gasteiger partial charge in [0.25, 0.3) is 0 Å². The third-order valence-corrected chi connectivity index (χ3v) is 5.56. The second-order valence-electron chi connectivity index (χ2n) is 7.85. The smallest absolute Gasteiger partial charge is 0.107 e. The Morgan fingerprint density at radius 2 is 2.04 bits per heavy atom. The lowest BCUT2D eigenvalue weighted by molar-refractivity contribution is -0.110. The molecular formula is C19H33NO4. The standard InChI is InChI=1S/C19H33NO4/c1-12(7-8-13(2)17(22)14(3)21)10-15-11-20-9-5-6-16(20)19(4,24)18(15)23/h8,10,12,14,16-18,21-24H,5-7,9,11H2,1-4H3/b13-8+,15-10+/t12-,14-,16?,17-,18-,19+/m0/s1. The molecule has 2 rings (SSSR count). The summed E-state index contributed by atoms with van der Waals surface area (Å²) in [6.45, 7) is 8.86. The molecule has 138 valence electrons. The summed E-state index contributed by atoms with van der Waals surface area (Å²) < 4.78 is 0. The van der Waals surface area contributed by atoms with E-state index in [1.54, 1.807) is 13.8 Å². The van der Waals surface area contributed by atoms with E-state index in [4.69, 9.17) is 0 Å². The summed E-state index contributed by atoms with van der Waals surface area (Å²) in [5.74, 6) is 0.181. The van der Waals surface area contributed by atoms with Crippen molar-refractivity contribution in [3.8, 4) is 0 Å². The summed E-state index contributed by atoms with van der Waals surface area (Å²) in [6.07, 6.45) is 4.26. The van der Waals surface area contributed by atoms with Gasteiger partial charge in [-0.25, -0.2) is 0 Å². The van der Waals surface area contributed by atoms with Crippen molar-refractivity contribution in [2.45, 2.75) is 76.9 Å². The number of hydrogen-bond donors (Lipinski definition) is 4. The molecule has 1 unspecified atom stereocenters. The van der Waals surface area contributed by atoms with E-state index >= 15 is 0 Å². The Hall–Kier alpha value is -0.720. The molecule has 2 aliphatic rings. The lowest BCUT2D eigenvalue weighted by atomic mass is 9.80. The Labute approximate surface area is 145 Å². The Kier molecular flexibility index (Phi) is 6.26. The van der Waals surface area contributed by atoms with Crippen LogP contribution in [0.2, 0.25) is 0 Å². The molecule has 2 heterocycles. The van der Waals surface area contributed by atoms with Crippen molar-refractivity contribution in [2.24, 2.45) is 5.92 Å². The topological polar surface area (TPSA) is 84.2 Å². The predicted molar refractivity (Wildman–Crippen MR) is 94.5 cm³/mol. The van der Waals surface area contributed by atoms with Gasteiger partial charge in [-0.3, -0.25) is 4.90 Å². The molecule has 2 fully saturated rings. The van der Waals surface area contributed by atoms with E-state index in [0.717, 1.165) is 37.0 Å². The van der Waals surface area contributed by atoms with E-state index < -0.39 is 23.9 Å². The van der Waals surface area contributed by atoms with E-state index in [2.05, 4.69) is 11.8 Å². The predicted octanol–water partition coefficient (Wildman–Crippen LogP) is 1.22. The maximum Gasteiger partial charge on any atom is 0.107 e. The fraction of sp³-hybridized carbons (Fsp3) is 0.789. The van der Waals surface area contributed by atoms with Crippen LogP contribution in [0.1, 0.15) is 47.0 Å². The van der Waals surface area contributed by atoms with Crippen molar-refractivity contribution in [2.75, 3.05) is 13.1 Å². The summed E-state index contributed by atoms with van der Waals surface area (Å²) in [5, 5.41) is 40.6. The molecule has 0 spiro atoms. The first-order valence-electron chi connectivity index (χ1n) is 9.02. The molecule has 0 amide bonds. The third-order valence-electron chi connectivity index (χ3n) is 5.56. The lowest BCUT2D eigenvalue weighted by Gasteiger charge is -2.46. The minimum Gasteiger partial charge on any atom is -0.390 e. The number of piperidine rings is 1. The number of aliphatic hydroxyl groups excluding tert-OH is 3. The quantitative estimate of drug-likeness (QED) is 0.566. The first kappa shape index (κ1) is 19.6. The third kappa shape index (κ3) is 4.09. The highest BCUT2D eigenvalue weighted by Crippen LogP contribution is 2.37. The molecule has 0 saturated carbocycles. The number of hydrogen-bond acceptors (Lipinski definition) is 5. The monoisotopic (exact) mass is 339 g/mol. The van der Waals surface area contributed by atoms with Crippen LogP contribution in [0.5, 0.6) is 0 Å². The van der Waals surface area contributed by atoms with Gasteiger partial charge in [0.05, 0.1) is 6.10 Å². The normalized spacial score (nSPS) is 37.3. The van der Waals surface area contributed by atoms with Crippen molar-refractivity contribution >= 4 is 0 Å². The van der Waals surface area contributed by atoms with Crippen LogP contribution in [-0.4, -0.2) is 68.4 Å². The van der Waals surface area contributed by atoms with E-state index in [1.807, 2.05) is 19.1 Å². The summed E-state index contributed by atoms with van der Waals surface area (Å²) in [4.78, 5) is 2.27. The molecule has 4 N–H and O–H groups in total. The summed E-state index contributed by atoms with van der Waals surface area (Å²) in [5.41, 5.74) is 0.535. The SMILES string of the molecule is C/C(=C\C[C@H](C)/C=C1\CN2CCCC2[C@@](C)(O)[C@H]1O)[C@H](O)[C@H](C)O. The number of fused-ring (bicyclic) bond motifs is 1. The lowest BCUT2D eigenvalue weighted by Crippen LogP contribution is -2.61. The molecular weight excluding hydrogens is 306 g/mol. The van der Waals surface area contributed by atoms with Crippen molar-refractivity contribution in [3.05, 3.63) is 23.3 Å². The Morgan fingerprint density at radius 3 is 2.67 bits per heavy atom. The zero-order chi connectivity index (χ0) is 18.1. The van der Waals surface area contributed by atoms with E-state index in [-0.39, 0.29) is 12.0 Å². The maximum atomic E-state index is 10.7. The average molecular weight is 339 g/mol. The molecule has 0 bridgehead atoms. The summed E-state index contributed by atoms with van der Waals surface area (Å²) in [6, 6.07) is 0.0447. The summed E-state index contributed by atoms with van der Waals surface area (Å²) in [7, 11) is 0. The largest absolute Gasteiger partial charge is 0.390 e. The van der Waals surface area contributed by atoms with Crippen LogP contribution in [0.25, 0.3) is 0 Å². The van der Waals surface area contributed by atoms with Gasteiger partial charge in [-0.05, 0) is 63.6 Å². The zero-order valence-electron chi connectivity index (χ0n) is 15.3. The van der Waals surface area contributed by atoms with Crippen molar-refractivity contribution in [3.63, 3.8) is 0 Å². The van der Waals surface area contributed by atoms with Gasteiger partial charge in [0.15, 0.2) is 0 Å². The van der Waals surface area contributed by atoms with Gasteiger partial charge >= 0.3 is 0 Å². The van der Waals surface area contributed by atoms with Crippen LogP contribution < -0.4 is 0 Å². The maximum absolute atomic E-state index is 10.7. The molecule has 2 aliphatic heterocycles. The minimum atomic E-state index is -1.10. The Balaban J connectivity index is 2.05. The molecule has 0 aromatic rings. The van der Waals surface area contributed by atoms with Crippen molar-refractivity contribution < 1.29 is 20.4 Å². The average Bonchev–Trinajstić information content (AvgIpc) is 2.98. The molecule has 5 heteroatoms. The number of rotatable bonds is 5. The van der Waals surface area contributed by atoms with E-state index in [1.165, 1.54) is 0 Å². The van der Waals surface area contributed by atoms with Crippen LogP contribution in [0.3, 0.4) is 0 Å². The molecule has 0 radical (unpaired) electrons. The van der Waals surface area contributed by atoms with Crippen LogP contribution in [0.4, 0.5) is 0 Å². The fourth-order valence-electron chi connectivity index (χ4n) is 4.01. The molecule has 0 aromatic carbocycles. The van der Waals surface area contributed by atoms with Crippen LogP contribution in [-0.2, 0) is 0 Å². The molecule has 0 aromatic heterocycles. The van der Waals surface area contributed by atoms with Crippen molar-refractivity contribution in [1.82, 2.24) is 4.90 Å². The van der Waals surface area contributed by atoms with Gasteiger partial charge in [0, 0.05) is 12.6 Å². The summed E-state index contributed by atoms with van der Waals surface area (Å²) >= 11 is 0. The first-order chi connectivity index (χ1) is 11.1. The highest BCUT2D eigenvalue weighted by Gasteiger charge is 2.49. The zero-order valence-corrected chi connectivity index (χ0v) is 15.3. The first-order valence-corrected chi connectivity index (χ1v) is 9.02. The van der Waals surface area contributed by atoms with E-state index in [9.17, 15) is 20.4 Å².